The largest absolute Gasteiger partial charge is 0.361 e. The molecule has 0 unspecified atom stereocenters. The van der Waals surface area contributed by atoms with Gasteiger partial charge in [-0.3, -0.25) is 9.59 Å². The van der Waals surface area contributed by atoms with Crippen LogP contribution in [0.15, 0.2) is 41.9 Å². The highest BCUT2D eigenvalue weighted by molar-refractivity contribution is 7.12. The van der Waals surface area contributed by atoms with E-state index in [1.54, 1.807) is 6.07 Å². The third kappa shape index (κ3) is 3.51. The van der Waals surface area contributed by atoms with E-state index in [2.05, 4.69) is 16.4 Å². The van der Waals surface area contributed by atoms with Crippen LogP contribution in [-0.4, -0.2) is 16.7 Å². The maximum absolute atomic E-state index is 12.2. The Morgan fingerprint density at radius 3 is 2.83 bits per heavy atom. The maximum atomic E-state index is 12.2. The van der Waals surface area contributed by atoms with Crippen molar-refractivity contribution >= 4 is 33.9 Å². The molecule has 0 spiro atoms. The van der Waals surface area contributed by atoms with Crippen molar-refractivity contribution in [2.45, 2.75) is 26.3 Å². The standard InChI is InChI=1S/C18H18N2O2S/c1-11(14-3-4-16-15(9-14)5-6-19-16)20-18(22)8-13-7-17(12(2)21)23-10-13/h3-7,9-11,19H,8H2,1-2H3,(H,20,22)/t11-/m0/s1. The molecule has 4 nitrogen and oxygen atoms in total. The third-order valence-corrected chi connectivity index (χ3v) is 4.90. The summed E-state index contributed by atoms with van der Waals surface area (Å²) in [6.45, 7) is 3.51. The van der Waals surface area contributed by atoms with Crippen molar-refractivity contribution in [3.05, 3.63) is 57.9 Å². The lowest BCUT2D eigenvalue weighted by atomic mass is 10.1. The molecule has 3 aromatic rings. The molecule has 2 N–H and O–H groups in total. The summed E-state index contributed by atoms with van der Waals surface area (Å²) in [5, 5.41) is 6.01. The van der Waals surface area contributed by atoms with Crippen LogP contribution in [0.2, 0.25) is 0 Å². The van der Waals surface area contributed by atoms with Crippen molar-refractivity contribution < 1.29 is 9.59 Å². The zero-order valence-corrected chi connectivity index (χ0v) is 13.9. The average Bonchev–Trinajstić information content (AvgIpc) is 3.14. The van der Waals surface area contributed by atoms with Gasteiger partial charge < -0.3 is 10.3 Å². The van der Waals surface area contributed by atoms with Gasteiger partial charge >= 0.3 is 0 Å². The SMILES string of the molecule is CC(=O)c1cc(CC(=O)N[C@@H](C)c2ccc3[nH]ccc3c2)cs1. The van der Waals surface area contributed by atoms with E-state index in [-0.39, 0.29) is 17.7 Å². The van der Waals surface area contributed by atoms with Gasteiger partial charge in [-0.25, -0.2) is 0 Å². The van der Waals surface area contributed by atoms with Crippen LogP contribution in [0, 0.1) is 0 Å². The van der Waals surface area contributed by atoms with Crippen LogP contribution in [0.25, 0.3) is 10.9 Å². The lowest BCUT2D eigenvalue weighted by Gasteiger charge is -2.14. The summed E-state index contributed by atoms with van der Waals surface area (Å²) in [6, 6.07) is 9.86. The van der Waals surface area contributed by atoms with Gasteiger partial charge in [0.2, 0.25) is 5.91 Å². The molecule has 1 aromatic carbocycles. The second-order valence-corrected chi connectivity index (χ2v) is 6.58. The van der Waals surface area contributed by atoms with Crippen molar-refractivity contribution in [3.8, 4) is 0 Å². The number of aromatic amines is 1. The normalized spacial score (nSPS) is 12.3. The average molecular weight is 326 g/mol. The first-order valence-electron chi connectivity index (χ1n) is 7.47. The number of H-pyrrole nitrogens is 1. The molecule has 0 fully saturated rings. The number of rotatable bonds is 5. The molecule has 0 radical (unpaired) electrons. The smallest absolute Gasteiger partial charge is 0.224 e. The Labute approximate surface area is 138 Å². The predicted octanol–water partition coefficient (Wildman–Crippen LogP) is 3.85. The molecule has 0 bridgehead atoms. The first-order valence-corrected chi connectivity index (χ1v) is 8.35. The van der Waals surface area contributed by atoms with E-state index < -0.39 is 0 Å². The fraction of sp³-hybridized carbons (Fsp3) is 0.222. The van der Waals surface area contributed by atoms with Crippen LogP contribution >= 0.6 is 11.3 Å². The van der Waals surface area contributed by atoms with Crippen molar-refractivity contribution in [1.29, 1.82) is 0 Å². The molecule has 1 amide bonds. The van der Waals surface area contributed by atoms with E-state index in [1.165, 1.54) is 18.3 Å². The summed E-state index contributed by atoms with van der Waals surface area (Å²) >= 11 is 1.38. The number of amides is 1. The summed E-state index contributed by atoms with van der Waals surface area (Å²) in [4.78, 5) is 27.3. The molecule has 2 aromatic heterocycles. The first-order chi connectivity index (χ1) is 11.0. The summed E-state index contributed by atoms with van der Waals surface area (Å²) in [5.74, 6) is -0.00519. The number of aromatic nitrogens is 1. The lowest BCUT2D eigenvalue weighted by Crippen LogP contribution is -2.27. The summed E-state index contributed by atoms with van der Waals surface area (Å²) < 4.78 is 0. The van der Waals surface area contributed by atoms with Crippen LogP contribution in [0.5, 0.6) is 0 Å². The molecule has 3 rings (SSSR count). The van der Waals surface area contributed by atoms with Crippen LogP contribution in [-0.2, 0) is 11.2 Å². The molecule has 0 aliphatic carbocycles. The second-order valence-electron chi connectivity index (χ2n) is 5.67. The van der Waals surface area contributed by atoms with Gasteiger partial charge in [0.1, 0.15) is 0 Å². The van der Waals surface area contributed by atoms with E-state index in [0.29, 0.717) is 11.3 Å². The van der Waals surface area contributed by atoms with Gasteiger partial charge in [0.15, 0.2) is 5.78 Å². The first kappa shape index (κ1) is 15.5. The number of Topliss-reactive ketones (excluding diaryl/α,β-unsaturated/α-hetero) is 1. The summed E-state index contributed by atoms with van der Waals surface area (Å²) in [7, 11) is 0. The number of fused-ring (bicyclic) bond motifs is 1. The second kappa shape index (κ2) is 6.38. The zero-order valence-electron chi connectivity index (χ0n) is 13.1. The fourth-order valence-electron chi connectivity index (χ4n) is 2.56. The van der Waals surface area contributed by atoms with E-state index in [4.69, 9.17) is 0 Å². The number of carbonyl (C=O) groups excluding carboxylic acids is 2. The molecule has 118 valence electrons. The topological polar surface area (TPSA) is 62.0 Å². The third-order valence-electron chi connectivity index (χ3n) is 3.82. The Bertz CT molecular complexity index is 863. The quantitative estimate of drug-likeness (QED) is 0.700. The Balaban J connectivity index is 1.65. The van der Waals surface area contributed by atoms with Crippen molar-refractivity contribution in [1.82, 2.24) is 10.3 Å². The van der Waals surface area contributed by atoms with Crippen molar-refractivity contribution in [2.24, 2.45) is 0 Å². The van der Waals surface area contributed by atoms with Gasteiger partial charge in [-0.1, -0.05) is 6.07 Å². The monoisotopic (exact) mass is 326 g/mol. The number of nitrogens with one attached hydrogen (secondary N) is 2. The van der Waals surface area contributed by atoms with Gasteiger partial charge in [-0.05, 0) is 60.0 Å². The molecule has 0 saturated carbocycles. The van der Waals surface area contributed by atoms with Crippen LogP contribution in [0.1, 0.15) is 40.7 Å². The van der Waals surface area contributed by atoms with Crippen molar-refractivity contribution in [3.63, 3.8) is 0 Å². The zero-order chi connectivity index (χ0) is 16.4. The maximum Gasteiger partial charge on any atom is 0.224 e. The Morgan fingerprint density at radius 1 is 1.26 bits per heavy atom. The van der Waals surface area contributed by atoms with Gasteiger partial charge in [0.05, 0.1) is 17.3 Å². The minimum Gasteiger partial charge on any atom is -0.361 e. The van der Waals surface area contributed by atoms with E-state index in [1.807, 2.05) is 36.7 Å². The highest BCUT2D eigenvalue weighted by Crippen LogP contribution is 2.20. The minimum absolute atomic E-state index is 0.0369. The molecule has 0 aliphatic rings. The van der Waals surface area contributed by atoms with Gasteiger partial charge in [0, 0.05) is 11.7 Å². The van der Waals surface area contributed by atoms with Crippen LogP contribution < -0.4 is 5.32 Å². The van der Waals surface area contributed by atoms with Gasteiger partial charge in [0.25, 0.3) is 0 Å². The molecule has 1 atom stereocenters. The lowest BCUT2D eigenvalue weighted by molar-refractivity contribution is -0.121. The summed E-state index contributed by atoms with van der Waals surface area (Å²) in [6.07, 6.45) is 2.20. The minimum atomic E-state index is -0.0623. The number of ketones is 1. The number of benzene rings is 1. The number of thiophene rings is 1. The highest BCUT2D eigenvalue weighted by atomic mass is 32.1. The van der Waals surface area contributed by atoms with E-state index >= 15 is 0 Å². The molecule has 0 saturated heterocycles. The van der Waals surface area contributed by atoms with Crippen LogP contribution in [0.4, 0.5) is 0 Å². The molecular weight excluding hydrogens is 308 g/mol. The predicted molar refractivity (Wildman–Crippen MR) is 92.9 cm³/mol. The van der Waals surface area contributed by atoms with E-state index in [0.717, 1.165) is 22.0 Å². The molecule has 0 aliphatic heterocycles. The van der Waals surface area contributed by atoms with Gasteiger partial charge in [-0.15, -0.1) is 11.3 Å². The van der Waals surface area contributed by atoms with Crippen molar-refractivity contribution in [2.75, 3.05) is 0 Å². The van der Waals surface area contributed by atoms with Gasteiger partial charge in [-0.2, -0.15) is 0 Å². The molecule has 5 heteroatoms. The number of hydrogen-bond acceptors (Lipinski definition) is 3. The molecular formula is C18H18N2O2S. The molecule has 2 heterocycles. The highest BCUT2D eigenvalue weighted by Gasteiger charge is 2.12. The summed E-state index contributed by atoms with van der Waals surface area (Å²) in [5.41, 5.74) is 3.04. The Hall–Kier alpha value is -2.40. The fourth-order valence-corrected chi connectivity index (χ4v) is 3.37. The van der Waals surface area contributed by atoms with E-state index in [9.17, 15) is 9.59 Å². The number of carbonyl (C=O) groups is 2. The van der Waals surface area contributed by atoms with Crippen LogP contribution in [0.3, 0.4) is 0 Å². The molecule has 23 heavy (non-hydrogen) atoms. The Kier molecular flexibility index (Phi) is 4.30. The Morgan fingerprint density at radius 2 is 2.09 bits per heavy atom. The number of hydrogen-bond donors (Lipinski definition) is 2.